The molecule has 1 aliphatic rings. The van der Waals surface area contributed by atoms with Crippen LogP contribution in [0.2, 0.25) is 0 Å². The minimum atomic E-state index is -0.388. The van der Waals surface area contributed by atoms with Crippen LogP contribution in [0.15, 0.2) is 83.8 Å². The molecule has 0 unspecified atom stereocenters. The highest BCUT2D eigenvalue weighted by Gasteiger charge is 2.25. The zero-order chi connectivity index (χ0) is 20.8. The van der Waals surface area contributed by atoms with E-state index in [1.807, 2.05) is 78.9 Å². The van der Waals surface area contributed by atoms with Crippen LogP contribution in [0.25, 0.3) is 6.08 Å². The van der Waals surface area contributed by atoms with Crippen molar-refractivity contribution in [2.75, 3.05) is 0 Å². The van der Waals surface area contributed by atoms with E-state index < -0.39 is 0 Å². The van der Waals surface area contributed by atoms with Crippen molar-refractivity contribution in [1.29, 1.82) is 0 Å². The summed E-state index contributed by atoms with van der Waals surface area (Å²) in [5.41, 5.74) is 2.83. The van der Waals surface area contributed by atoms with E-state index in [1.165, 1.54) is 0 Å². The van der Waals surface area contributed by atoms with Crippen LogP contribution >= 0.6 is 11.8 Å². The molecule has 1 aliphatic heterocycles. The number of amides is 2. The first-order valence-corrected chi connectivity index (χ1v) is 10.2. The third-order valence-corrected chi connectivity index (χ3v) is 5.19. The van der Waals surface area contributed by atoms with Gasteiger partial charge in [0.25, 0.3) is 11.1 Å². The number of carbonyl (C=O) groups excluding carboxylic acids is 2. The first-order valence-electron chi connectivity index (χ1n) is 9.40. The molecule has 1 saturated heterocycles. The SMILES string of the molecule is O=C1NC(=O)C(=Cc2ccc(OCc3ccccc3)c(OCc3ccccc3)c2)S1. The topological polar surface area (TPSA) is 64.6 Å². The lowest BCUT2D eigenvalue weighted by atomic mass is 10.1. The lowest BCUT2D eigenvalue weighted by Gasteiger charge is -2.14. The fourth-order valence-electron chi connectivity index (χ4n) is 2.89. The average molecular weight is 417 g/mol. The van der Waals surface area contributed by atoms with Crippen molar-refractivity contribution in [3.63, 3.8) is 0 Å². The van der Waals surface area contributed by atoms with Crippen LogP contribution in [0.4, 0.5) is 4.79 Å². The Morgan fingerprint density at radius 2 is 1.37 bits per heavy atom. The average Bonchev–Trinajstić information content (AvgIpc) is 3.09. The fraction of sp³-hybridized carbons (Fsp3) is 0.0833. The van der Waals surface area contributed by atoms with Gasteiger partial charge in [-0.1, -0.05) is 66.7 Å². The van der Waals surface area contributed by atoms with Crippen molar-refractivity contribution in [2.45, 2.75) is 13.2 Å². The van der Waals surface area contributed by atoms with Crippen molar-refractivity contribution in [3.05, 3.63) is 100 Å². The summed E-state index contributed by atoms with van der Waals surface area (Å²) in [5, 5.41) is 1.89. The molecule has 6 heteroatoms. The van der Waals surface area contributed by atoms with E-state index in [0.717, 1.165) is 28.5 Å². The Morgan fingerprint density at radius 3 is 1.93 bits per heavy atom. The first-order chi connectivity index (χ1) is 14.7. The maximum absolute atomic E-state index is 11.8. The van der Waals surface area contributed by atoms with Gasteiger partial charge < -0.3 is 9.47 Å². The number of rotatable bonds is 7. The van der Waals surface area contributed by atoms with Gasteiger partial charge in [-0.15, -0.1) is 0 Å². The van der Waals surface area contributed by atoms with E-state index in [4.69, 9.17) is 9.47 Å². The molecule has 5 nitrogen and oxygen atoms in total. The predicted molar refractivity (Wildman–Crippen MR) is 117 cm³/mol. The molecule has 0 bridgehead atoms. The van der Waals surface area contributed by atoms with Gasteiger partial charge in [0.1, 0.15) is 13.2 Å². The first kappa shape index (κ1) is 19.8. The van der Waals surface area contributed by atoms with Crippen molar-refractivity contribution >= 4 is 29.0 Å². The monoisotopic (exact) mass is 417 g/mol. The molecule has 0 aromatic heterocycles. The largest absolute Gasteiger partial charge is 0.485 e. The van der Waals surface area contributed by atoms with E-state index >= 15 is 0 Å². The van der Waals surface area contributed by atoms with Crippen molar-refractivity contribution in [1.82, 2.24) is 5.32 Å². The summed E-state index contributed by atoms with van der Waals surface area (Å²) >= 11 is 0.886. The highest BCUT2D eigenvalue weighted by molar-refractivity contribution is 8.18. The Balaban J connectivity index is 1.57. The standard InChI is InChI=1S/C24H19NO4S/c26-23-22(30-24(27)25-23)14-19-11-12-20(28-15-17-7-3-1-4-8-17)21(13-19)29-16-18-9-5-2-6-10-18/h1-14H,15-16H2,(H,25,26,27). The summed E-state index contributed by atoms with van der Waals surface area (Å²) in [6, 6.07) is 25.2. The zero-order valence-corrected chi connectivity index (χ0v) is 16.9. The third kappa shape index (κ3) is 5.10. The Morgan fingerprint density at radius 1 is 0.767 bits per heavy atom. The van der Waals surface area contributed by atoms with Crippen LogP contribution in [-0.4, -0.2) is 11.1 Å². The second-order valence-corrected chi connectivity index (χ2v) is 7.62. The molecule has 1 fully saturated rings. The second-order valence-electron chi connectivity index (χ2n) is 6.61. The number of carbonyl (C=O) groups is 2. The predicted octanol–water partition coefficient (Wildman–Crippen LogP) is 5.17. The fourth-order valence-corrected chi connectivity index (χ4v) is 3.57. The molecule has 30 heavy (non-hydrogen) atoms. The number of hydrogen-bond donors (Lipinski definition) is 1. The van der Waals surface area contributed by atoms with Gasteiger partial charge in [0.15, 0.2) is 11.5 Å². The van der Waals surface area contributed by atoms with Crippen LogP contribution in [0.5, 0.6) is 11.5 Å². The summed E-state index contributed by atoms with van der Waals surface area (Å²) in [6.45, 7) is 0.798. The Bertz CT molecular complexity index is 1080. The van der Waals surface area contributed by atoms with Crippen LogP contribution in [-0.2, 0) is 18.0 Å². The zero-order valence-electron chi connectivity index (χ0n) is 16.0. The lowest BCUT2D eigenvalue weighted by Crippen LogP contribution is -2.17. The van der Waals surface area contributed by atoms with Gasteiger partial charge in [-0.25, -0.2) is 0 Å². The van der Waals surface area contributed by atoms with E-state index in [0.29, 0.717) is 29.6 Å². The molecule has 0 atom stereocenters. The van der Waals surface area contributed by atoms with Gasteiger partial charge >= 0.3 is 0 Å². The minimum absolute atomic E-state index is 0.354. The smallest absolute Gasteiger partial charge is 0.290 e. The van der Waals surface area contributed by atoms with Crippen LogP contribution in [0.1, 0.15) is 16.7 Å². The summed E-state index contributed by atoms with van der Waals surface area (Å²) in [4.78, 5) is 23.6. The second kappa shape index (κ2) is 9.33. The molecule has 0 spiro atoms. The number of ether oxygens (including phenoxy) is 2. The summed E-state index contributed by atoms with van der Waals surface area (Å²) < 4.78 is 12.0. The van der Waals surface area contributed by atoms with Gasteiger partial charge in [0.05, 0.1) is 4.91 Å². The van der Waals surface area contributed by atoms with E-state index in [-0.39, 0.29) is 11.1 Å². The lowest BCUT2D eigenvalue weighted by molar-refractivity contribution is -0.115. The Hall–Kier alpha value is -3.51. The molecule has 3 aromatic carbocycles. The molecule has 0 radical (unpaired) electrons. The molecule has 0 saturated carbocycles. The number of benzene rings is 3. The minimum Gasteiger partial charge on any atom is -0.485 e. The maximum atomic E-state index is 11.8. The van der Waals surface area contributed by atoms with E-state index in [2.05, 4.69) is 5.32 Å². The van der Waals surface area contributed by atoms with Gasteiger partial charge in [-0.05, 0) is 46.7 Å². The molecule has 1 N–H and O–H groups in total. The van der Waals surface area contributed by atoms with Crippen molar-refractivity contribution in [3.8, 4) is 11.5 Å². The van der Waals surface area contributed by atoms with Gasteiger partial charge in [-0.2, -0.15) is 0 Å². The molecule has 0 aliphatic carbocycles. The quantitative estimate of drug-likeness (QED) is 0.538. The van der Waals surface area contributed by atoms with Gasteiger partial charge in [-0.3, -0.25) is 14.9 Å². The van der Waals surface area contributed by atoms with Crippen LogP contribution in [0, 0.1) is 0 Å². The summed E-state index contributed by atoms with van der Waals surface area (Å²) in [6.07, 6.45) is 1.67. The van der Waals surface area contributed by atoms with E-state index in [9.17, 15) is 9.59 Å². The molecule has 4 rings (SSSR count). The summed E-state index contributed by atoms with van der Waals surface area (Å²) in [7, 11) is 0. The normalized spacial score (nSPS) is 14.6. The van der Waals surface area contributed by atoms with Crippen LogP contribution < -0.4 is 14.8 Å². The highest BCUT2D eigenvalue weighted by Crippen LogP contribution is 2.32. The Labute approximate surface area is 178 Å². The maximum Gasteiger partial charge on any atom is 0.290 e. The number of thioether (sulfide) groups is 1. The Kier molecular flexibility index (Phi) is 6.15. The third-order valence-electron chi connectivity index (χ3n) is 4.38. The van der Waals surface area contributed by atoms with Crippen LogP contribution in [0.3, 0.4) is 0 Å². The summed E-state index contributed by atoms with van der Waals surface area (Å²) in [5.74, 6) is 0.788. The highest BCUT2D eigenvalue weighted by atomic mass is 32.2. The molecule has 150 valence electrons. The number of nitrogens with one attached hydrogen (secondary N) is 1. The van der Waals surface area contributed by atoms with Crippen molar-refractivity contribution < 1.29 is 19.1 Å². The van der Waals surface area contributed by atoms with E-state index in [1.54, 1.807) is 6.08 Å². The number of imide groups is 1. The molecular formula is C24H19NO4S. The molecule has 2 amide bonds. The molecular weight excluding hydrogens is 398 g/mol. The van der Waals surface area contributed by atoms with Gasteiger partial charge in [0.2, 0.25) is 0 Å². The van der Waals surface area contributed by atoms with Gasteiger partial charge in [0, 0.05) is 0 Å². The number of hydrogen-bond acceptors (Lipinski definition) is 5. The molecule has 1 heterocycles. The molecule has 3 aromatic rings. The van der Waals surface area contributed by atoms with Crippen molar-refractivity contribution in [2.24, 2.45) is 0 Å².